The molecule has 0 aliphatic carbocycles. The molecule has 5 nitrogen and oxygen atoms in total. The van der Waals surface area contributed by atoms with Crippen LogP contribution in [0.15, 0.2) is 24.4 Å². The molecule has 2 aromatic rings. The summed E-state index contributed by atoms with van der Waals surface area (Å²) in [5.41, 5.74) is 6.86. The second-order valence-corrected chi connectivity index (χ2v) is 4.16. The molecule has 0 unspecified atom stereocenters. The third-order valence-corrected chi connectivity index (χ3v) is 2.94. The molecule has 0 aliphatic rings. The summed E-state index contributed by atoms with van der Waals surface area (Å²) in [7, 11) is 3.17. The van der Waals surface area contributed by atoms with Crippen LogP contribution in [0.2, 0.25) is 5.02 Å². The molecular formula is C12H12ClN3O2. The normalized spacial score (nSPS) is 10.4. The predicted octanol–water partition coefficient (Wildman–Crippen LogP) is 1.90. The molecule has 0 saturated heterocycles. The molecule has 1 aromatic heterocycles. The van der Waals surface area contributed by atoms with Crippen LogP contribution in [0.4, 0.5) is 5.69 Å². The number of nitrogens with zero attached hydrogens (tertiary/aromatic N) is 2. The number of ketones is 1. The van der Waals surface area contributed by atoms with Gasteiger partial charge < -0.3 is 10.5 Å². The molecule has 2 N–H and O–H groups in total. The summed E-state index contributed by atoms with van der Waals surface area (Å²) >= 11 is 5.82. The monoisotopic (exact) mass is 265 g/mol. The van der Waals surface area contributed by atoms with Crippen molar-refractivity contribution in [2.75, 3.05) is 12.8 Å². The van der Waals surface area contributed by atoms with Gasteiger partial charge in [-0.3, -0.25) is 9.48 Å². The first kappa shape index (κ1) is 12.4. The smallest absolute Gasteiger partial charge is 0.214 e. The number of halogens is 1. The molecule has 0 atom stereocenters. The minimum Gasteiger partial charge on any atom is -0.493 e. The molecule has 0 spiro atoms. The van der Waals surface area contributed by atoms with Crippen molar-refractivity contribution in [2.24, 2.45) is 7.05 Å². The molecule has 1 heterocycles. The van der Waals surface area contributed by atoms with E-state index in [0.29, 0.717) is 27.7 Å². The van der Waals surface area contributed by atoms with E-state index in [1.165, 1.54) is 24.1 Å². The molecule has 0 bridgehead atoms. The van der Waals surface area contributed by atoms with Crippen LogP contribution in [0.1, 0.15) is 16.1 Å². The number of benzene rings is 1. The Balaban J connectivity index is 2.47. The van der Waals surface area contributed by atoms with Crippen LogP contribution in [-0.2, 0) is 7.05 Å². The molecule has 0 amide bonds. The van der Waals surface area contributed by atoms with Crippen molar-refractivity contribution in [1.29, 1.82) is 0 Å². The van der Waals surface area contributed by atoms with Gasteiger partial charge in [-0.2, -0.15) is 5.10 Å². The van der Waals surface area contributed by atoms with Gasteiger partial charge in [-0.15, -0.1) is 0 Å². The summed E-state index contributed by atoms with van der Waals surface area (Å²) in [6.07, 6.45) is 1.49. The summed E-state index contributed by atoms with van der Waals surface area (Å²) in [5.74, 6) is 0.214. The summed E-state index contributed by atoms with van der Waals surface area (Å²) in [5, 5.41) is 4.41. The van der Waals surface area contributed by atoms with Crippen LogP contribution in [0.3, 0.4) is 0 Å². The van der Waals surface area contributed by atoms with Gasteiger partial charge in [0.2, 0.25) is 5.78 Å². The topological polar surface area (TPSA) is 70.1 Å². The average Bonchev–Trinajstić information content (AvgIpc) is 2.73. The first-order chi connectivity index (χ1) is 8.54. The van der Waals surface area contributed by atoms with Gasteiger partial charge >= 0.3 is 0 Å². The predicted molar refractivity (Wildman–Crippen MR) is 69.1 cm³/mol. The fourth-order valence-corrected chi connectivity index (χ4v) is 1.76. The van der Waals surface area contributed by atoms with Crippen molar-refractivity contribution >= 4 is 23.1 Å². The number of nitrogen functional groups attached to an aromatic ring is 1. The van der Waals surface area contributed by atoms with Gasteiger partial charge in [0.05, 0.1) is 24.0 Å². The number of aryl methyl sites for hydroxylation is 1. The highest BCUT2D eigenvalue weighted by Crippen LogP contribution is 2.24. The SMILES string of the molecule is COc1cnn(C)c1C(=O)c1ccc(Cl)c(N)c1. The van der Waals surface area contributed by atoms with E-state index in [0.717, 1.165) is 0 Å². The highest BCUT2D eigenvalue weighted by Gasteiger charge is 2.19. The largest absolute Gasteiger partial charge is 0.493 e. The lowest BCUT2D eigenvalue weighted by Crippen LogP contribution is -2.10. The maximum Gasteiger partial charge on any atom is 0.214 e. The molecule has 1 aromatic carbocycles. The van der Waals surface area contributed by atoms with Crippen LogP contribution in [-0.4, -0.2) is 22.7 Å². The number of anilines is 1. The number of aromatic nitrogens is 2. The van der Waals surface area contributed by atoms with Gasteiger partial charge in [0.25, 0.3) is 0 Å². The first-order valence-electron chi connectivity index (χ1n) is 5.20. The lowest BCUT2D eigenvalue weighted by molar-refractivity contribution is 0.102. The Labute approximate surface area is 109 Å². The second kappa shape index (κ2) is 4.70. The maximum atomic E-state index is 12.3. The minimum atomic E-state index is -0.213. The van der Waals surface area contributed by atoms with Crippen molar-refractivity contribution in [2.45, 2.75) is 0 Å². The van der Waals surface area contributed by atoms with Gasteiger partial charge in [-0.25, -0.2) is 0 Å². The third-order valence-electron chi connectivity index (χ3n) is 2.60. The van der Waals surface area contributed by atoms with Crippen LogP contribution in [0.25, 0.3) is 0 Å². The van der Waals surface area contributed by atoms with Gasteiger partial charge in [0, 0.05) is 12.6 Å². The molecule has 0 saturated carbocycles. The van der Waals surface area contributed by atoms with Gasteiger partial charge in [-0.1, -0.05) is 11.6 Å². The van der Waals surface area contributed by atoms with Crippen molar-refractivity contribution in [3.8, 4) is 5.75 Å². The quantitative estimate of drug-likeness (QED) is 0.680. The number of methoxy groups -OCH3 is 1. The lowest BCUT2D eigenvalue weighted by atomic mass is 10.1. The van der Waals surface area contributed by atoms with E-state index >= 15 is 0 Å². The number of carbonyl (C=O) groups is 1. The Morgan fingerprint density at radius 3 is 2.83 bits per heavy atom. The zero-order valence-electron chi connectivity index (χ0n) is 9.98. The highest BCUT2D eigenvalue weighted by molar-refractivity contribution is 6.33. The van der Waals surface area contributed by atoms with Crippen LogP contribution >= 0.6 is 11.6 Å². The molecule has 6 heteroatoms. The lowest BCUT2D eigenvalue weighted by Gasteiger charge is -2.06. The molecule has 0 radical (unpaired) electrons. The van der Waals surface area contributed by atoms with Crippen LogP contribution in [0.5, 0.6) is 5.75 Å². The first-order valence-corrected chi connectivity index (χ1v) is 5.58. The number of carbonyl (C=O) groups excluding carboxylic acids is 1. The van der Waals surface area contributed by atoms with Crippen molar-refractivity contribution in [1.82, 2.24) is 9.78 Å². The Morgan fingerprint density at radius 2 is 2.22 bits per heavy atom. The Morgan fingerprint density at radius 1 is 1.50 bits per heavy atom. The average molecular weight is 266 g/mol. The van der Waals surface area contributed by atoms with E-state index in [1.54, 1.807) is 19.2 Å². The van der Waals surface area contributed by atoms with Crippen LogP contribution in [0, 0.1) is 0 Å². The molecule has 0 fully saturated rings. The van der Waals surface area contributed by atoms with Crippen molar-refractivity contribution in [3.63, 3.8) is 0 Å². The number of hydrogen-bond acceptors (Lipinski definition) is 4. The zero-order chi connectivity index (χ0) is 13.3. The van der Waals surface area contributed by atoms with E-state index in [-0.39, 0.29) is 5.78 Å². The molecule has 0 aliphatic heterocycles. The van der Waals surface area contributed by atoms with Crippen molar-refractivity contribution in [3.05, 3.63) is 40.7 Å². The summed E-state index contributed by atoms with van der Waals surface area (Å²) in [6, 6.07) is 4.75. The van der Waals surface area contributed by atoms with Gasteiger partial charge in [0.1, 0.15) is 0 Å². The summed E-state index contributed by atoms with van der Waals surface area (Å²) in [6.45, 7) is 0. The fourth-order valence-electron chi connectivity index (χ4n) is 1.65. The minimum absolute atomic E-state index is 0.213. The van der Waals surface area contributed by atoms with E-state index in [1.807, 2.05) is 0 Å². The molecular weight excluding hydrogens is 254 g/mol. The number of rotatable bonds is 3. The number of hydrogen-bond donors (Lipinski definition) is 1. The Kier molecular flexibility index (Phi) is 3.25. The maximum absolute atomic E-state index is 12.3. The summed E-state index contributed by atoms with van der Waals surface area (Å²) in [4.78, 5) is 12.3. The van der Waals surface area contributed by atoms with Crippen molar-refractivity contribution < 1.29 is 9.53 Å². The second-order valence-electron chi connectivity index (χ2n) is 3.75. The van der Waals surface area contributed by atoms with E-state index in [4.69, 9.17) is 22.1 Å². The zero-order valence-corrected chi connectivity index (χ0v) is 10.7. The fraction of sp³-hybridized carbons (Fsp3) is 0.167. The number of nitrogens with two attached hydrogens (primary N) is 1. The van der Waals surface area contributed by atoms with Gasteiger partial charge in [0.15, 0.2) is 11.4 Å². The molecule has 94 valence electrons. The molecule has 2 rings (SSSR count). The van der Waals surface area contributed by atoms with E-state index in [9.17, 15) is 4.79 Å². The van der Waals surface area contributed by atoms with E-state index < -0.39 is 0 Å². The standard InChI is InChI=1S/C12H12ClN3O2/c1-16-11(10(18-2)6-15-16)12(17)7-3-4-8(13)9(14)5-7/h3-6H,14H2,1-2H3. The Bertz CT molecular complexity index is 607. The highest BCUT2D eigenvalue weighted by atomic mass is 35.5. The van der Waals surface area contributed by atoms with Gasteiger partial charge in [-0.05, 0) is 18.2 Å². The van der Waals surface area contributed by atoms with Crippen LogP contribution < -0.4 is 10.5 Å². The Hall–Kier alpha value is -2.01. The number of ether oxygens (including phenoxy) is 1. The van der Waals surface area contributed by atoms with E-state index in [2.05, 4.69) is 5.10 Å². The molecule has 18 heavy (non-hydrogen) atoms. The third kappa shape index (κ3) is 2.04. The summed E-state index contributed by atoms with van der Waals surface area (Å²) < 4.78 is 6.57.